The van der Waals surface area contributed by atoms with Crippen LogP contribution in [0.25, 0.3) is 11.1 Å². The molecule has 7 rings (SSSR count). The van der Waals surface area contributed by atoms with E-state index in [4.69, 9.17) is 4.74 Å². The zero-order valence-corrected chi connectivity index (χ0v) is 26.0. The van der Waals surface area contributed by atoms with Crippen LogP contribution >= 0.6 is 0 Å². The fourth-order valence-electron chi connectivity index (χ4n) is 7.85. The number of nitrogens with zero attached hydrogens (tertiary/aromatic N) is 4. The average molecular weight is 589 g/mol. The van der Waals surface area contributed by atoms with Crippen molar-refractivity contribution in [1.29, 1.82) is 0 Å². The second-order valence-electron chi connectivity index (χ2n) is 13.7. The number of anilines is 1. The molecule has 0 spiro atoms. The van der Waals surface area contributed by atoms with Crippen molar-refractivity contribution in [1.82, 2.24) is 14.8 Å². The Balaban J connectivity index is 1.29. The summed E-state index contributed by atoms with van der Waals surface area (Å²) >= 11 is 0. The largest absolute Gasteiger partial charge is 0.496 e. The highest BCUT2D eigenvalue weighted by molar-refractivity contribution is 5.95. The van der Waals surface area contributed by atoms with Crippen molar-refractivity contribution in [2.24, 2.45) is 11.3 Å². The van der Waals surface area contributed by atoms with Crippen molar-refractivity contribution in [3.05, 3.63) is 59.8 Å². The van der Waals surface area contributed by atoms with Gasteiger partial charge in [-0.05, 0) is 119 Å². The van der Waals surface area contributed by atoms with Gasteiger partial charge in [-0.15, -0.1) is 0 Å². The molecule has 0 radical (unpaired) electrons. The van der Waals surface area contributed by atoms with Crippen LogP contribution in [0.15, 0.2) is 42.9 Å². The summed E-state index contributed by atoms with van der Waals surface area (Å²) in [5, 5.41) is 14.5. The van der Waals surface area contributed by atoms with Crippen LogP contribution in [0.2, 0.25) is 0 Å². The second kappa shape index (κ2) is 11.7. The number of hydrogen-bond acceptors (Lipinski definition) is 5. The third-order valence-electron chi connectivity index (χ3n) is 10.8. The molecule has 7 nitrogen and oxygen atoms in total. The molecule has 1 N–H and O–H groups in total. The Bertz CT molecular complexity index is 1450. The highest BCUT2D eigenvalue weighted by atomic mass is 19.1. The van der Waals surface area contributed by atoms with Crippen molar-refractivity contribution in [3.8, 4) is 16.9 Å². The molecule has 0 unspecified atom stereocenters. The molecule has 2 heterocycles. The maximum atomic E-state index is 15.2. The number of rotatable bonds is 8. The lowest BCUT2D eigenvalue weighted by atomic mass is 9.51. The van der Waals surface area contributed by atoms with Crippen LogP contribution in [0, 0.1) is 24.1 Å². The zero-order valence-electron chi connectivity index (χ0n) is 26.0. The number of fused-ring (bicyclic) bond motifs is 3. The summed E-state index contributed by atoms with van der Waals surface area (Å²) in [5.41, 5.74) is 3.84. The number of carbonyl (C=O) groups is 1. The third kappa shape index (κ3) is 5.70. The van der Waals surface area contributed by atoms with Gasteiger partial charge in [0.25, 0.3) is 0 Å². The fourth-order valence-corrected chi connectivity index (χ4v) is 7.85. The summed E-state index contributed by atoms with van der Waals surface area (Å²) < 4.78 is 22.5. The summed E-state index contributed by atoms with van der Waals surface area (Å²) in [6, 6.07) is 8.53. The predicted octanol–water partition coefficient (Wildman–Crippen LogP) is 7.16. The van der Waals surface area contributed by atoms with Gasteiger partial charge < -0.3 is 9.84 Å². The number of halogens is 1. The summed E-state index contributed by atoms with van der Waals surface area (Å²) in [6.45, 7) is 6.77. The minimum absolute atomic E-state index is 0.00582. The molecule has 4 saturated carbocycles. The van der Waals surface area contributed by atoms with E-state index in [0.717, 1.165) is 44.3 Å². The van der Waals surface area contributed by atoms with Crippen molar-refractivity contribution in [2.45, 2.75) is 103 Å². The van der Waals surface area contributed by atoms with Crippen LogP contribution in [0.3, 0.4) is 0 Å². The minimum atomic E-state index is -0.423. The fraction of sp³-hybridized carbons (Fsp3) is 0.571. The molecule has 8 heteroatoms. The molecule has 2 bridgehead atoms. The van der Waals surface area contributed by atoms with Crippen molar-refractivity contribution < 1.29 is 19.0 Å². The SMILES string of the molecule is COc1ccc(C23CCC(CN(C(=O)C4CCC(O)CC4)c4cc(-c5cnn(C(C)C)c5)c(F)cn4)(CC2)CC3)cc1C. The van der Waals surface area contributed by atoms with Crippen LogP contribution < -0.4 is 9.64 Å². The standard InChI is InChI=1S/C35H45FN4O3/c1-23(2)40-21-26(19-38-40)29-18-32(37-20-30(29)36)39(33(42)25-5-8-28(41)9-6-25)22-34-11-14-35(15-12-34,16-13-34)27-7-10-31(43-4)24(3)17-27/h7,10,17-21,23,25,28,41H,5-6,8-9,11-16,22H2,1-4H3. The van der Waals surface area contributed by atoms with E-state index in [0.29, 0.717) is 49.2 Å². The molecule has 3 aromatic rings. The van der Waals surface area contributed by atoms with Gasteiger partial charge in [-0.2, -0.15) is 5.10 Å². The van der Waals surface area contributed by atoms with Gasteiger partial charge in [0.05, 0.1) is 25.6 Å². The Hall–Kier alpha value is -3.26. The first-order valence-corrected chi connectivity index (χ1v) is 16.0. The van der Waals surface area contributed by atoms with Crippen LogP contribution in [-0.4, -0.2) is 45.5 Å². The molecule has 43 heavy (non-hydrogen) atoms. The number of ether oxygens (including phenoxy) is 1. The van der Waals surface area contributed by atoms with E-state index in [2.05, 4.69) is 35.2 Å². The number of aromatic nitrogens is 3. The molecule has 4 aliphatic rings. The van der Waals surface area contributed by atoms with E-state index in [-0.39, 0.29) is 34.8 Å². The number of aryl methyl sites for hydroxylation is 1. The van der Waals surface area contributed by atoms with Crippen LogP contribution in [0.5, 0.6) is 5.75 Å². The maximum absolute atomic E-state index is 15.2. The topological polar surface area (TPSA) is 80.5 Å². The number of carbonyl (C=O) groups excluding carboxylic acids is 1. The lowest BCUT2D eigenvalue weighted by Gasteiger charge is -2.55. The summed E-state index contributed by atoms with van der Waals surface area (Å²) in [6.07, 6.45) is 13.4. The number of benzene rings is 1. The molecule has 1 amide bonds. The Labute approximate surface area is 254 Å². The first-order valence-electron chi connectivity index (χ1n) is 16.0. The van der Waals surface area contributed by atoms with E-state index in [9.17, 15) is 9.90 Å². The maximum Gasteiger partial charge on any atom is 0.231 e. The summed E-state index contributed by atoms with van der Waals surface area (Å²) in [5.74, 6) is 0.902. The van der Waals surface area contributed by atoms with Gasteiger partial charge in [0.2, 0.25) is 5.91 Å². The monoisotopic (exact) mass is 588 g/mol. The lowest BCUT2D eigenvalue weighted by Crippen LogP contribution is -2.52. The van der Waals surface area contributed by atoms with E-state index < -0.39 is 5.82 Å². The Kier molecular flexibility index (Phi) is 8.09. The van der Waals surface area contributed by atoms with Gasteiger partial charge in [-0.3, -0.25) is 14.4 Å². The lowest BCUT2D eigenvalue weighted by molar-refractivity contribution is -0.124. The number of hydrogen-bond donors (Lipinski definition) is 1. The van der Waals surface area contributed by atoms with E-state index >= 15 is 4.39 Å². The zero-order chi connectivity index (χ0) is 30.4. The molecule has 0 aliphatic heterocycles. The van der Waals surface area contributed by atoms with Gasteiger partial charge >= 0.3 is 0 Å². The number of pyridine rings is 1. The molecular weight excluding hydrogens is 543 g/mol. The van der Waals surface area contributed by atoms with Crippen LogP contribution in [0.4, 0.5) is 10.2 Å². The van der Waals surface area contributed by atoms with Crippen LogP contribution in [-0.2, 0) is 10.2 Å². The smallest absolute Gasteiger partial charge is 0.231 e. The van der Waals surface area contributed by atoms with Gasteiger partial charge in [-0.1, -0.05) is 12.1 Å². The molecule has 1 aromatic carbocycles. The number of aliphatic hydroxyl groups excluding tert-OH is 1. The first kappa shape index (κ1) is 29.8. The molecule has 4 fully saturated rings. The Morgan fingerprint density at radius 3 is 2.40 bits per heavy atom. The molecule has 230 valence electrons. The molecule has 0 atom stereocenters. The Morgan fingerprint density at radius 2 is 1.79 bits per heavy atom. The number of aliphatic hydroxyl groups is 1. The first-order chi connectivity index (χ1) is 20.6. The van der Waals surface area contributed by atoms with Gasteiger partial charge in [-0.25, -0.2) is 9.37 Å². The number of amides is 1. The average Bonchev–Trinajstić information content (AvgIpc) is 3.52. The van der Waals surface area contributed by atoms with Crippen molar-refractivity contribution in [3.63, 3.8) is 0 Å². The van der Waals surface area contributed by atoms with Gasteiger partial charge in [0.1, 0.15) is 17.4 Å². The second-order valence-corrected chi connectivity index (χ2v) is 13.7. The molecular formula is C35H45FN4O3. The van der Waals surface area contributed by atoms with E-state index in [1.807, 2.05) is 29.6 Å². The Morgan fingerprint density at radius 1 is 1.09 bits per heavy atom. The summed E-state index contributed by atoms with van der Waals surface area (Å²) in [7, 11) is 1.72. The molecule has 2 aromatic heterocycles. The normalized spacial score (nSPS) is 27.0. The van der Waals surface area contributed by atoms with Crippen molar-refractivity contribution >= 4 is 11.7 Å². The predicted molar refractivity (Wildman–Crippen MR) is 166 cm³/mol. The highest BCUT2D eigenvalue weighted by Gasteiger charge is 2.51. The van der Waals surface area contributed by atoms with E-state index in [1.165, 1.54) is 17.3 Å². The summed E-state index contributed by atoms with van der Waals surface area (Å²) in [4.78, 5) is 20.6. The third-order valence-corrected chi connectivity index (χ3v) is 10.8. The van der Waals surface area contributed by atoms with Crippen LogP contribution in [0.1, 0.15) is 95.2 Å². The van der Waals surface area contributed by atoms with Gasteiger partial charge in [0, 0.05) is 35.8 Å². The molecule has 0 saturated heterocycles. The quantitative estimate of drug-likeness (QED) is 0.302. The number of methoxy groups -OCH3 is 1. The minimum Gasteiger partial charge on any atom is -0.496 e. The van der Waals surface area contributed by atoms with Gasteiger partial charge in [0.15, 0.2) is 0 Å². The highest BCUT2D eigenvalue weighted by Crippen LogP contribution is 2.58. The van der Waals surface area contributed by atoms with Crippen molar-refractivity contribution in [2.75, 3.05) is 18.6 Å². The van der Waals surface area contributed by atoms with E-state index in [1.54, 1.807) is 19.4 Å². The molecule has 4 aliphatic carbocycles.